The second-order valence-electron chi connectivity index (χ2n) is 4.68. The van der Waals surface area contributed by atoms with Crippen molar-refractivity contribution in [2.45, 2.75) is 25.9 Å². The number of piperazine rings is 1. The first-order valence-corrected chi connectivity index (χ1v) is 7.25. The van der Waals surface area contributed by atoms with Gasteiger partial charge in [0.2, 0.25) is 11.8 Å². The molecule has 1 unspecified atom stereocenters. The van der Waals surface area contributed by atoms with Crippen LogP contribution in [0.15, 0.2) is 22.7 Å². The number of benzene rings is 1. The molecule has 20 heavy (non-hydrogen) atoms. The van der Waals surface area contributed by atoms with Crippen molar-refractivity contribution in [2.75, 3.05) is 13.7 Å². The van der Waals surface area contributed by atoms with Gasteiger partial charge in [-0.1, -0.05) is 22.9 Å². The van der Waals surface area contributed by atoms with E-state index in [2.05, 4.69) is 21.2 Å². The van der Waals surface area contributed by atoms with Crippen LogP contribution < -0.4 is 10.1 Å². The summed E-state index contributed by atoms with van der Waals surface area (Å²) in [7, 11) is 1.59. The molecule has 5 nitrogen and oxygen atoms in total. The van der Waals surface area contributed by atoms with E-state index in [-0.39, 0.29) is 18.4 Å². The highest BCUT2D eigenvalue weighted by Crippen LogP contribution is 2.25. The van der Waals surface area contributed by atoms with Crippen LogP contribution in [0.4, 0.5) is 0 Å². The number of hydrogen-bond acceptors (Lipinski definition) is 3. The van der Waals surface area contributed by atoms with Crippen LogP contribution in [0.25, 0.3) is 0 Å². The highest BCUT2D eigenvalue weighted by Gasteiger charge is 2.31. The predicted octanol–water partition coefficient (Wildman–Crippen LogP) is 1.69. The standard InChI is InChI=1S/C14H17BrN2O3/c1-3-11-14(19)17(8-13(18)16-11)7-9-6-10(15)4-5-12(9)20-2/h4-6,11H,3,7-8H2,1-2H3,(H,16,18). The van der Waals surface area contributed by atoms with Gasteiger partial charge in [0.1, 0.15) is 11.8 Å². The van der Waals surface area contributed by atoms with Gasteiger partial charge in [-0.15, -0.1) is 0 Å². The van der Waals surface area contributed by atoms with Gasteiger partial charge in [-0.25, -0.2) is 0 Å². The topological polar surface area (TPSA) is 58.6 Å². The highest BCUT2D eigenvalue weighted by molar-refractivity contribution is 9.10. The maximum atomic E-state index is 12.2. The average molecular weight is 341 g/mol. The molecular weight excluding hydrogens is 324 g/mol. The van der Waals surface area contributed by atoms with E-state index in [9.17, 15) is 9.59 Å². The number of amides is 2. The maximum absolute atomic E-state index is 12.2. The summed E-state index contributed by atoms with van der Waals surface area (Å²) < 4.78 is 6.21. The molecule has 1 aromatic carbocycles. The Morgan fingerprint density at radius 1 is 1.45 bits per heavy atom. The van der Waals surface area contributed by atoms with E-state index in [1.807, 2.05) is 25.1 Å². The molecular formula is C14H17BrN2O3. The minimum atomic E-state index is -0.422. The molecule has 2 amide bonds. The largest absolute Gasteiger partial charge is 0.496 e. The van der Waals surface area contributed by atoms with Gasteiger partial charge in [-0.05, 0) is 24.6 Å². The first-order valence-electron chi connectivity index (χ1n) is 6.45. The SMILES string of the molecule is CCC1NC(=O)CN(Cc2cc(Br)ccc2OC)C1=O. The summed E-state index contributed by atoms with van der Waals surface area (Å²) in [6, 6.07) is 5.20. The molecule has 6 heteroatoms. The van der Waals surface area contributed by atoms with Crippen LogP contribution in [0, 0.1) is 0 Å². The molecule has 1 heterocycles. The summed E-state index contributed by atoms with van der Waals surface area (Å²) in [4.78, 5) is 25.5. The molecule has 108 valence electrons. The fraction of sp³-hybridized carbons (Fsp3) is 0.429. The summed E-state index contributed by atoms with van der Waals surface area (Å²) in [5, 5.41) is 2.70. The molecule has 0 bridgehead atoms. The van der Waals surface area contributed by atoms with Crippen LogP contribution in [0.5, 0.6) is 5.75 Å². The summed E-state index contributed by atoms with van der Waals surface area (Å²) in [6.45, 7) is 2.34. The molecule has 0 radical (unpaired) electrons. The summed E-state index contributed by atoms with van der Waals surface area (Å²) in [6.07, 6.45) is 0.594. The van der Waals surface area contributed by atoms with E-state index in [0.717, 1.165) is 10.0 Å². The zero-order chi connectivity index (χ0) is 14.7. The fourth-order valence-electron chi connectivity index (χ4n) is 2.26. The molecule has 0 saturated carbocycles. The summed E-state index contributed by atoms with van der Waals surface area (Å²) >= 11 is 3.40. The lowest BCUT2D eigenvalue weighted by atomic mass is 10.1. The van der Waals surface area contributed by atoms with Gasteiger partial charge >= 0.3 is 0 Å². The number of carbonyl (C=O) groups excluding carboxylic acids is 2. The van der Waals surface area contributed by atoms with Crippen LogP contribution in [0.3, 0.4) is 0 Å². The molecule has 0 spiro atoms. The Morgan fingerprint density at radius 3 is 2.85 bits per heavy atom. The molecule has 1 aromatic rings. The van der Waals surface area contributed by atoms with Crippen molar-refractivity contribution in [3.63, 3.8) is 0 Å². The average Bonchev–Trinajstić information content (AvgIpc) is 2.42. The van der Waals surface area contributed by atoms with Crippen molar-refractivity contribution in [3.05, 3.63) is 28.2 Å². The van der Waals surface area contributed by atoms with E-state index in [1.165, 1.54) is 0 Å². The minimum Gasteiger partial charge on any atom is -0.496 e. The Morgan fingerprint density at radius 2 is 2.20 bits per heavy atom. The number of methoxy groups -OCH3 is 1. The van der Waals surface area contributed by atoms with Gasteiger partial charge in [0.05, 0.1) is 13.7 Å². The van der Waals surface area contributed by atoms with Crippen molar-refractivity contribution in [1.82, 2.24) is 10.2 Å². The number of ether oxygens (including phenoxy) is 1. The van der Waals surface area contributed by atoms with Crippen LogP contribution in [-0.2, 0) is 16.1 Å². The van der Waals surface area contributed by atoms with E-state index < -0.39 is 6.04 Å². The van der Waals surface area contributed by atoms with Crippen molar-refractivity contribution in [1.29, 1.82) is 0 Å². The molecule has 0 aliphatic carbocycles. The quantitative estimate of drug-likeness (QED) is 0.907. The lowest BCUT2D eigenvalue weighted by Gasteiger charge is -2.32. The highest BCUT2D eigenvalue weighted by atomic mass is 79.9. The van der Waals surface area contributed by atoms with Crippen LogP contribution in [-0.4, -0.2) is 36.4 Å². The smallest absolute Gasteiger partial charge is 0.245 e. The van der Waals surface area contributed by atoms with Crippen LogP contribution >= 0.6 is 15.9 Å². The lowest BCUT2D eigenvalue weighted by Crippen LogP contribution is -2.57. The Labute approximate surface area is 126 Å². The first-order chi connectivity index (χ1) is 9.55. The maximum Gasteiger partial charge on any atom is 0.245 e. The van der Waals surface area contributed by atoms with Crippen LogP contribution in [0.1, 0.15) is 18.9 Å². The molecule has 1 aliphatic rings. The number of nitrogens with zero attached hydrogens (tertiary/aromatic N) is 1. The van der Waals surface area contributed by atoms with Crippen molar-refractivity contribution >= 4 is 27.7 Å². The zero-order valence-electron chi connectivity index (χ0n) is 11.5. The minimum absolute atomic E-state index is 0.0471. The number of halogens is 1. The van der Waals surface area contributed by atoms with Gasteiger partial charge in [-0.3, -0.25) is 9.59 Å². The predicted molar refractivity (Wildman–Crippen MR) is 78.3 cm³/mol. The van der Waals surface area contributed by atoms with Gasteiger partial charge in [0.25, 0.3) is 0 Å². The second kappa shape index (κ2) is 6.26. The van der Waals surface area contributed by atoms with E-state index in [4.69, 9.17) is 4.74 Å². The van der Waals surface area contributed by atoms with Crippen molar-refractivity contribution < 1.29 is 14.3 Å². The van der Waals surface area contributed by atoms with E-state index in [0.29, 0.717) is 18.7 Å². The number of rotatable bonds is 4. The fourth-order valence-corrected chi connectivity index (χ4v) is 2.67. The first kappa shape index (κ1) is 14.8. The van der Waals surface area contributed by atoms with E-state index in [1.54, 1.807) is 12.0 Å². The zero-order valence-corrected chi connectivity index (χ0v) is 13.1. The van der Waals surface area contributed by atoms with E-state index >= 15 is 0 Å². The molecule has 1 fully saturated rings. The third-order valence-corrected chi connectivity index (χ3v) is 3.78. The molecule has 1 saturated heterocycles. The van der Waals surface area contributed by atoms with Gasteiger partial charge in [-0.2, -0.15) is 0 Å². The summed E-state index contributed by atoms with van der Waals surface area (Å²) in [5.41, 5.74) is 0.875. The monoisotopic (exact) mass is 340 g/mol. The number of hydrogen-bond donors (Lipinski definition) is 1. The van der Waals surface area contributed by atoms with Crippen molar-refractivity contribution in [3.8, 4) is 5.75 Å². The lowest BCUT2D eigenvalue weighted by molar-refractivity contribution is -0.144. The Bertz CT molecular complexity index is 533. The molecule has 2 rings (SSSR count). The third kappa shape index (κ3) is 3.12. The number of carbonyl (C=O) groups is 2. The van der Waals surface area contributed by atoms with Crippen molar-refractivity contribution in [2.24, 2.45) is 0 Å². The Hall–Kier alpha value is -1.56. The molecule has 1 N–H and O–H groups in total. The Balaban J connectivity index is 2.22. The van der Waals surface area contributed by atoms with Gasteiger partial charge in [0.15, 0.2) is 0 Å². The number of nitrogens with one attached hydrogen (secondary N) is 1. The molecule has 0 aromatic heterocycles. The second-order valence-corrected chi connectivity index (χ2v) is 5.59. The molecule has 1 aliphatic heterocycles. The third-order valence-electron chi connectivity index (χ3n) is 3.29. The van der Waals surface area contributed by atoms with Gasteiger partial charge in [0, 0.05) is 16.6 Å². The van der Waals surface area contributed by atoms with Crippen LogP contribution in [0.2, 0.25) is 0 Å². The Kier molecular flexibility index (Phi) is 4.65. The normalized spacial score (nSPS) is 18.9. The summed E-state index contributed by atoms with van der Waals surface area (Å²) in [5.74, 6) is 0.541. The molecule has 1 atom stereocenters. The van der Waals surface area contributed by atoms with Gasteiger partial charge < -0.3 is 15.0 Å².